The first-order valence-corrected chi connectivity index (χ1v) is 6.58. The van der Waals surface area contributed by atoms with Crippen molar-refractivity contribution >= 4 is 0 Å². The molecule has 0 aliphatic heterocycles. The fourth-order valence-corrected chi connectivity index (χ4v) is 2.52. The Labute approximate surface area is 95.5 Å². The predicted molar refractivity (Wildman–Crippen MR) is 68.9 cm³/mol. The quantitative estimate of drug-likeness (QED) is 0.542. The normalized spacial score (nSPS) is 16.5. The monoisotopic (exact) mass is 206 g/mol. The standard InChI is InChI=1S/C15H26/c1-4-6-12-15(3,13-7-5-2)14-10-8-9-11-14/h8-11,14H,4-7,12-13H2,1-3H3. The van der Waals surface area contributed by atoms with Crippen molar-refractivity contribution in [3.8, 4) is 0 Å². The van der Waals surface area contributed by atoms with Gasteiger partial charge in [0.1, 0.15) is 0 Å². The lowest BCUT2D eigenvalue weighted by molar-refractivity contribution is 0.211. The summed E-state index contributed by atoms with van der Waals surface area (Å²) >= 11 is 0. The van der Waals surface area contributed by atoms with Crippen molar-refractivity contribution in [2.75, 3.05) is 0 Å². The molecule has 0 amide bonds. The average molecular weight is 206 g/mol. The third-order valence-corrected chi connectivity index (χ3v) is 3.76. The number of rotatable bonds is 7. The summed E-state index contributed by atoms with van der Waals surface area (Å²) in [7, 11) is 0. The Bertz CT molecular complexity index is 202. The summed E-state index contributed by atoms with van der Waals surface area (Å²) in [4.78, 5) is 0. The second-order valence-electron chi connectivity index (χ2n) is 5.16. The largest absolute Gasteiger partial charge is 0.0771 e. The zero-order chi connectivity index (χ0) is 11.1. The van der Waals surface area contributed by atoms with Gasteiger partial charge in [-0.2, -0.15) is 0 Å². The average Bonchev–Trinajstić information content (AvgIpc) is 2.77. The van der Waals surface area contributed by atoms with Gasteiger partial charge in [0.05, 0.1) is 0 Å². The molecule has 1 aliphatic rings. The van der Waals surface area contributed by atoms with E-state index < -0.39 is 0 Å². The van der Waals surface area contributed by atoms with Gasteiger partial charge in [-0.3, -0.25) is 0 Å². The van der Waals surface area contributed by atoms with E-state index in [1.807, 2.05) is 0 Å². The summed E-state index contributed by atoms with van der Waals surface area (Å²) in [6, 6.07) is 0. The summed E-state index contributed by atoms with van der Waals surface area (Å²) in [5, 5.41) is 0. The Hall–Kier alpha value is -0.520. The van der Waals surface area contributed by atoms with Gasteiger partial charge in [-0.15, -0.1) is 0 Å². The third kappa shape index (κ3) is 3.52. The number of hydrogen-bond donors (Lipinski definition) is 0. The predicted octanol–water partition coefficient (Wildman–Crippen LogP) is 5.12. The molecule has 1 aliphatic carbocycles. The van der Waals surface area contributed by atoms with Gasteiger partial charge >= 0.3 is 0 Å². The highest BCUT2D eigenvalue weighted by Crippen LogP contribution is 2.41. The van der Waals surface area contributed by atoms with Crippen LogP contribution in [0.15, 0.2) is 24.3 Å². The van der Waals surface area contributed by atoms with E-state index in [0.717, 1.165) is 0 Å². The minimum absolute atomic E-state index is 0.509. The van der Waals surface area contributed by atoms with Crippen LogP contribution in [0.1, 0.15) is 59.3 Å². The van der Waals surface area contributed by atoms with Gasteiger partial charge in [0, 0.05) is 5.92 Å². The molecule has 0 fully saturated rings. The summed E-state index contributed by atoms with van der Waals surface area (Å²) in [6.45, 7) is 7.06. The van der Waals surface area contributed by atoms with Crippen LogP contribution >= 0.6 is 0 Å². The van der Waals surface area contributed by atoms with E-state index in [-0.39, 0.29) is 0 Å². The molecule has 0 radical (unpaired) electrons. The molecule has 1 rings (SSSR count). The van der Waals surface area contributed by atoms with Crippen LogP contribution < -0.4 is 0 Å². The van der Waals surface area contributed by atoms with E-state index >= 15 is 0 Å². The van der Waals surface area contributed by atoms with Crippen LogP contribution in [0.2, 0.25) is 0 Å². The smallest absolute Gasteiger partial charge is 0.000663 e. The van der Waals surface area contributed by atoms with Crippen molar-refractivity contribution in [3.05, 3.63) is 24.3 Å². The molecule has 86 valence electrons. The summed E-state index contributed by atoms with van der Waals surface area (Å²) < 4.78 is 0. The molecule has 0 aromatic heterocycles. The van der Waals surface area contributed by atoms with Crippen LogP contribution in [0.4, 0.5) is 0 Å². The van der Waals surface area contributed by atoms with E-state index in [0.29, 0.717) is 11.3 Å². The minimum atomic E-state index is 0.509. The van der Waals surface area contributed by atoms with Crippen LogP contribution in [-0.4, -0.2) is 0 Å². The van der Waals surface area contributed by atoms with Crippen molar-refractivity contribution < 1.29 is 0 Å². The number of allylic oxidation sites excluding steroid dienone is 4. The van der Waals surface area contributed by atoms with E-state index in [1.54, 1.807) is 0 Å². The molecular weight excluding hydrogens is 180 g/mol. The van der Waals surface area contributed by atoms with E-state index in [4.69, 9.17) is 0 Å². The van der Waals surface area contributed by atoms with Gasteiger partial charge in [-0.25, -0.2) is 0 Å². The minimum Gasteiger partial charge on any atom is -0.0771 e. The van der Waals surface area contributed by atoms with Gasteiger partial charge in [-0.1, -0.05) is 70.8 Å². The van der Waals surface area contributed by atoms with Crippen molar-refractivity contribution in [1.82, 2.24) is 0 Å². The Morgan fingerprint density at radius 3 is 1.80 bits per heavy atom. The van der Waals surface area contributed by atoms with Gasteiger partial charge in [-0.05, 0) is 18.3 Å². The van der Waals surface area contributed by atoms with E-state index in [9.17, 15) is 0 Å². The lowest BCUT2D eigenvalue weighted by Gasteiger charge is -2.34. The molecule has 0 atom stereocenters. The van der Waals surface area contributed by atoms with Crippen molar-refractivity contribution in [1.29, 1.82) is 0 Å². The molecule has 0 aromatic rings. The molecule has 0 aromatic carbocycles. The lowest BCUT2D eigenvalue weighted by Crippen LogP contribution is -2.24. The zero-order valence-electron chi connectivity index (χ0n) is 10.6. The fourth-order valence-electron chi connectivity index (χ4n) is 2.52. The van der Waals surface area contributed by atoms with E-state index in [2.05, 4.69) is 45.1 Å². The highest BCUT2D eigenvalue weighted by molar-refractivity contribution is 5.20. The molecule has 0 saturated carbocycles. The molecule has 0 saturated heterocycles. The molecule has 15 heavy (non-hydrogen) atoms. The van der Waals surface area contributed by atoms with Crippen LogP contribution in [0.25, 0.3) is 0 Å². The Balaban J connectivity index is 2.57. The molecule has 0 N–H and O–H groups in total. The Morgan fingerprint density at radius 2 is 1.40 bits per heavy atom. The van der Waals surface area contributed by atoms with Crippen molar-refractivity contribution in [2.24, 2.45) is 11.3 Å². The molecule has 0 heterocycles. The Morgan fingerprint density at radius 1 is 0.933 bits per heavy atom. The lowest BCUT2D eigenvalue weighted by atomic mass is 9.71. The number of unbranched alkanes of at least 4 members (excludes halogenated alkanes) is 2. The van der Waals surface area contributed by atoms with Gasteiger partial charge in [0.15, 0.2) is 0 Å². The molecule has 0 spiro atoms. The summed E-state index contributed by atoms with van der Waals surface area (Å²) in [5.41, 5.74) is 0.509. The second-order valence-corrected chi connectivity index (χ2v) is 5.16. The number of hydrogen-bond acceptors (Lipinski definition) is 0. The van der Waals surface area contributed by atoms with Crippen LogP contribution in [-0.2, 0) is 0 Å². The maximum Gasteiger partial charge on any atom is 0.000663 e. The topological polar surface area (TPSA) is 0 Å². The van der Waals surface area contributed by atoms with Gasteiger partial charge in [0.25, 0.3) is 0 Å². The van der Waals surface area contributed by atoms with Crippen molar-refractivity contribution in [3.63, 3.8) is 0 Å². The molecule has 0 bridgehead atoms. The molecule has 0 unspecified atom stereocenters. The molecule has 0 nitrogen and oxygen atoms in total. The van der Waals surface area contributed by atoms with Crippen LogP contribution in [0.3, 0.4) is 0 Å². The van der Waals surface area contributed by atoms with Crippen LogP contribution in [0, 0.1) is 11.3 Å². The highest BCUT2D eigenvalue weighted by Gasteiger charge is 2.30. The first-order chi connectivity index (χ1) is 7.23. The molecular formula is C15H26. The van der Waals surface area contributed by atoms with Crippen LogP contribution in [0.5, 0.6) is 0 Å². The van der Waals surface area contributed by atoms with Gasteiger partial charge in [0.2, 0.25) is 0 Å². The summed E-state index contributed by atoms with van der Waals surface area (Å²) in [5.74, 6) is 0.690. The first kappa shape index (κ1) is 12.5. The maximum atomic E-state index is 2.48. The fraction of sp³-hybridized carbons (Fsp3) is 0.733. The maximum absolute atomic E-state index is 2.48. The zero-order valence-corrected chi connectivity index (χ0v) is 10.6. The first-order valence-electron chi connectivity index (χ1n) is 6.58. The van der Waals surface area contributed by atoms with Gasteiger partial charge < -0.3 is 0 Å². The van der Waals surface area contributed by atoms with E-state index in [1.165, 1.54) is 38.5 Å². The van der Waals surface area contributed by atoms with Crippen molar-refractivity contribution in [2.45, 2.75) is 59.3 Å². The molecule has 0 heteroatoms. The summed E-state index contributed by atoms with van der Waals surface area (Å²) in [6.07, 6.45) is 17.3. The Kier molecular flexibility index (Phi) is 5.14. The highest BCUT2D eigenvalue weighted by atomic mass is 14.3. The second kappa shape index (κ2) is 6.15. The SMILES string of the molecule is CCCCC(C)(CCCC)C1C=CC=C1. The third-order valence-electron chi connectivity index (χ3n) is 3.76.